The van der Waals surface area contributed by atoms with Crippen molar-refractivity contribution in [2.24, 2.45) is 0 Å². The van der Waals surface area contributed by atoms with Crippen LogP contribution in [0.4, 0.5) is 0 Å². The summed E-state index contributed by atoms with van der Waals surface area (Å²) in [5.74, 6) is 0. The molecule has 86 valence electrons. The smallest absolute Gasteiger partial charge is 0.0594 e. The molecule has 1 aromatic carbocycles. The Bertz CT molecular complexity index is 355. The molecule has 0 saturated carbocycles. The number of morpholine rings is 1. The Morgan fingerprint density at radius 3 is 2.50 bits per heavy atom. The highest BCUT2D eigenvalue weighted by Crippen LogP contribution is 2.07. The summed E-state index contributed by atoms with van der Waals surface area (Å²) in [4.78, 5) is 3.38. The maximum Gasteiger partial charge on any atom is 0.0594 e. The second-order valence-corrected chi connectivity index (χ2v) is 4.67. The van der Waals surface area contributed by atoms with Crippen molar-refractivity contribution in [1.29, 1.82) is 0 Å². The highest BCUT2D eigenvalue weighted by atomic mass is 32.1. The van der Waals surface area contributed by atoms with E-state index in [9.17, 15) is 0 Å². The summed E-state index contributed by atoms with van der Waals surface area (Å²) >= 11 is 5.46. The molecule has 0 bridgehead atoms. The van der Waals surface area contributed by atoms with E-state index in [1.165, 1.54) is 11.1 Å². The van der Waals surface area contributed by atoms with Crippen molar-refractivity contribution in [2.45, 2.75) is 6.92 Å². The van der Waals surface area contributed by atoms with Crippen LogP contribution in [0.2, 0.25) is 0 Å². The average Bonchev–Trinajstić information content (AvgIpc) is 2.31. The van der Waals surface area contributed by atoms with Crippen LogP contribution >= 0.6 is 12.2 Å². The van der Waals surface area contributed by atoms with Gasteiger partial charge in [-0.1, -0.05) is 42.0 Å². The topological polar surface area (TPSA) is 12.5 Å². The third kappa shape index (κ3) is 3.11. The zero-order chi connectivity index (χ0) is 11.4. The molecule has 1 aliphatic heterocycles. The van der Waals surface area contributed by atoms with Gasteiger partial charge in [0, 0.05) is 24.5 Å². The molecule has 0 radical (unpaired) electrons. The Labute approximate surface area is 102 Å². The standard InChI is InChI=1S/C13H17NOS/c1-11-2-4-12(5-3-11)13(16)10-14-6-8-15-9-7-14/h2-5H,6-10H2,1H3. The molecule has 2 rings (SSSR count). The second-order valence-electron chi connectivity index (χ2n) is 4.18. The zero-order valence-electron chi connectivity index (χ0n) is 9.61. The Morgan fingerprint density at radius 1 is 1.25 bits per heavy atom. The molecule has 1 aromatic rings. The molecule has 1 aliphatic rings. The SMILES string of the molecule is Cc1ccc(C(=S)CN2CCOCC2)cc1. The van der Waals surface area contributed by atoms with Crippen LogP contribution in [0, 0.1) is 6.92 Å². The molecular formula is C13H17NOS. The van der Waals surface area contributed by atoms with Crippen LogP contribution < -0.4 is 0 Å². The molecular weight excluding hydrogens is 218 g/mol. The zero-order valence-corrected chi connectivity index (χ0v) is 10.4. The predicted molar refractivity (Wildman–Crippen MR) is 70.1 cm³/mol. The fourth-order valence-electron chi connectivity index (χ4n) is 1.79. The third-order valence-corrected chi connectivity index (χ3v) is 3.21. The Hall–Kier alpha value is -0.770. The third-order valence-electron chi connectivity index (χ3n) is 2.84. The molecule has 0 atom stereocenters. The molecule has 1 fully saturated rings. The van der Waals surface area contributed by atoms with Crippen LogP contribution in [-0.4, -0.2) is 42.6 Å². The number of nitrogens with zero attached hydrogens (tertiary/aromatic N) is 1. The van der Waals surface area contributed by atoms with Gasteiger partial charge in [0.1, 0.15) is 0 Å². The van der Waals surface area contributed by atoms with Crippen LogP contribution in [0.1, 0.15) is 11.1 Å². The van der Waals surface area contributed by atoms with Crippen LogP contribution in [0.5, 0.6) is 0 Å². The van der Waals surface area contributed by atoms with Crippen LogP contribution in [-0.2, 0) is 4.74 Å². The Balaban J connectivity index is 1.94. The van der Waals surface area contributed by atoms with Crippen molar-refractivity contribution >= 4 is 17.1 Å². The fourth-order valence-corrected chi connectivity index (χ4v) is 2.11. The normalized spacial score (nSPS) is 17.3. The number of rotatable bonds is 3. The van der Waals surface area contributed by atoms with Gasteiger partial charge in [-0.3, -0.25) is 4.90 Å². The van der Waals surface area contributed by atoms with Crippen molar-refractivity contribution in [3.63, 3.8) is 0 Å². The average molecular weight is 235 g/mol. The van der Waals surface area contributed by atoms with Crippen molar-refractivity contribution in [3.05, 3.63) is 35.4 Å². The van der Waals surface area contributed by atoms with Gasteiger partial charge in [-0.25, -0.2) is 0 Å². The van der Waals surface area contributed by atoms with Gasteiger partial charge < -0.3 is 4.74 Å². The van der Waals surface area contributed by atoms with Crippen molar-refractivity contribution < 1.29 is 4.74 Å². The van der Waals surface area contributed by atoms with Gasteiger partial charge in [-0.05, 0) is 12.5 Å². The lowest BCUT2D eigenvalue weighted by molar-refractivity contribution is 0.0455. The largest absolute Gasteiger partial charge is 0.379 e. The van der Waals surface area contributed by atoms with Gasteiger partial charge in [-0.2, -0.15) is 0 Å². The van der Waals surface area contributed by atoms with Gasteiger partial charge in [0.25, 0.3) is 0 Å². The summed E-state index contributed by atoms with van der Waals surface area (Å²) < 4.78 is 5.32. The van der Waals surface area contributed by atoms with Gasteiger partial charge in [0.2, 0.25) is 0 Å². The van der Waals surface area contributed by atoms with E-state index in [0.29, 0.717) is 0 Å². The maximum absolute atomic E-state index is 5.46. The van der Waals surface area contributed by atoms with Gasteiger partial charge in [0.05, 0.1) is 13.2 Å². The van der Waals surface area contributed by atoms with Gasteiger partial charge in [0.15, 0.2) is 0 Å². The van der Waals surface area contributed by atoms with E-state index in [4.69, 9.17) is 17.0 Å². The first-order chi connectivity index (χ1) is 7.75. The van der Waals surface area contributed by atoms with E-state index in [0.717, 1.165) is 37.7 Å². The monoisotopic (exact) mass is 235 g/mol. The highest BCUT2D eigenvalue weighted by molar-refractivity contribution is 7.80. The van der Waals surface area contributed by atoms with E-state index in [2.05, 4.69) is 36.1 Å². The summed E-state index contributed by atoms with van der Waals surface area (Å²) in [7, 11) is 0. The number of thiocarbonyl (C=S) groups is 1. The lowest BCUT2D eigenvalue weighted by atomic mass is 10.1. The summed E-state index contributed by atoms with van der Waals surface area (Å²) in [5, 5.41) is 0. The maximum atomic E-state index is 5.46. The molecule has 1 saturated heterocycles. The first-order valence-electron chi connectivity index (χ1n) is 5.66. The number of benzene rings is 1. The van der Waals surface area contributed by atoms with E-state index >= 15 is 0 Å². The molecule has 0 amide bonds. The minimum atomic E-state index is 0.830. The molecule has 0 aromatic heterocycles. The first-order valence-corrected chi connectivity index (χ1v) is 6.06. The lowest BCUT2D eigenvalue weighted by Gasteiger charge is -2.26. The summed E-state index contributed by atoms with van der Waals surface area (Å²) in [6.07, 6.45) is 0. The molecule has 0 spiro atoms. The number of hydrogen-bond acceptors (Lipinski definition) is 3. The molecule has 0 N–H and O–H groups in total. The quantitative estimate of drug-likeness (QED) is 0.587. The van der Waals surface area contributed by atoms with Gasteiger partial charge >= 0.3 is 0 Å². The first kappa shape index (κ1) is 11.7. The second kappa shape index (κ2) is 5.53. The van der Waals surface area contributed by atoms with E-state index in [-0.39, 0.29) is 0 Å². The molecule has 0 aliphatic carbocycles. The van der Waals surface area contributed by atoms with E-state index in [1.54, 1.807) is 0 Å². The van der Waals surface area contributed by atoms with Crippen LogP contribution in [0.3, 0.4) is 0 Å². The molecule has 1 heterocycles. The predicted octanol–water partition coefficient (Wildman–Crippen LogP) is 2.05. The Morgan fingerprint density at radius 2 is 1.88 bits per heavy atom. The minimum absolute atomic E-state index is 0.830. The Kier molecular flexibility index (Phi) is 4.04. The summed E-state index contributed by atoms with van der Waals surface area (Å²) in [5.41, 5.74) is 2.45. The molecule has 16 heavy (non-hydrogen) atoms. The fraction of sp³-hybridized carbons (Fsp3) is 0.462. The summed E-state index contributed by atoms with van der Waals surface area (Å²) in [6.45, 7) is 6.61. The molecule has 3 heteroatoms. The van der Waals surface area contributed by atoms with Crippen molar-refractivity contribution in [1.82, 2.24) is 4.90 Å². The number of aryl methyl sites for hydroxylation is 1. The number of hydrogen-bond donors (Lipinski definition) is 0. The van der Waals surface area contributed by atoms with Crippen molar-refractivity contribution in [3.8, 4) is 0 Å². The van der Waals surface area contributed by atoms with Gasteiger partial charge in [-0.15, -0.1) is 0 Å². The van der Waals surface area contributed by atoms with E-state index in [1.807, 2.05) is 0 Å². The van der Waals surface area contributed by atoms with Crippen LogP contribution in [0.25, 0.3) is 0 Å². The lowest BCUT2D eigenvalue weighted by Crippen LogP contribution is -2.39. The number of ether oxygens (including phenoxy) is 1. The van der Waals surface area contributed by atoms with Crippen molar-refractivity contribution in [2.75, 3.05) is 32.8 Å². The minimum Gasteiger partial charge on any atom is -0.379 e. The molecule has 0 unspecified atom stereocenters. The highest BCUT2D eigenvalue weighted by Gasteiger charge is 2.12. The molecule has 2 nitrogen and oxygen atoms in total. The van der Waals surface area contributed by atoms with E-state index < -0.39 is 0 Å². The summed E-state index contributed by atoms with van der Waals surface area (Å²) in [6, 6.07) is 8.44. The van der Waals surface area contributed by atoms with Crippen LogP contribution in [0.15, 0.2) is 24.3 Å².